The van der Waals surface area contributed by atoms with Gasteiger partial charge in [0, 0.05) is 36.0 Å². The number of amides is 1. The molecule has 0 spiro atoms. The molecular formula is C18H21N3O6. The molecule has 2 aromatic rings. The summed E-state index contributed by atoms with van der Waals surface area (Å²) in [5, 5.41) is 16.4. The molecule has 0 aromatic heterocycles. The number of benzene rings is 2. The summed E-state index contributed by atoms with van der Waals surface area (Å²) in [6.45, 7) is 0.190. The van der Waals surface area contributed by atoms with E-state index < -0.39 is 4.92 Å². The molecule has 144 valence electrons. The largest absolute Gasteiger partial charge is 0.496 e. The molecule has 0 aliphatic rings. The Bertz CT molecular complexity index is 825. The Labute approximate surface area is 156 Å². The number of carbonyl (C=O) groups is 1. The average Bonchev–Trinajstić information content (AvgIpc) is 2.70. The van der Waals surface area contributed by atoms with Crippen molar-refractivity contribution in [3.8, 4) is 17.2 Å². The first-order valence-corrected chi connectivity index (χ1v) is 8.02. The van der Waals surface area contributed by atoms with Crippen LogP contribution in [0, 0.1) is 10.1 Å². The van der Waals surface area contributed by atoms with Crippen LogP contribution >= 0.6 is 0 Å². The first kappa shape index (κ1) is 19.8. The Morgan fingerprint density at radius 2 is 1.70 bits per heavy atom. The van der Waals surface area contributed by atoms with E-state index in [2.05, 4.69) is 10.6 Å². The van der Waals surface area contributed by atoms with Gasteiger partial charge in [0.05, 0.1) is 32.8 Å². The molecule has 0 unspecified atom stereocenters. The van der Waals surface area contributed by atoms with Crippen molar-refractivity contribution in [3.05, 3.63) is 52.1 Å². The quantitative estimate of drug-likeness (QED) is 0.511. The predicted molar refractivity (Wildman–Crippen MR) is 99.5 cm³/mol. The number of methoxy groups -OCH3 is 3. The summed E-state index contributed by atoms with van der Waals surface area (Å²) in [6.07, 6.45) is 0. The lowest BCUT2D eigenvalue weighted by atomic mass is 10.1. The Balaban J connectivity index is 1.97. The van der Waals surface area contributed by atoms with Crippen LogP contribution in [0.5, 0.6) is 17.2 Å². The van der Waals surface area contributed by atoms with Gasteiger partial charge in [-0.05, 0) is 12.1 Å². The van der Waals surface area contributed by atoms with Gasteiger partial charge in [-0.2, -0.15) is 0 Å². The molecule has 2 N–H and O–H groups in total. The molecule has 0 bridgehead atoms. The van der Waals surface area contributed by atoms with Crippen LogP contribution in [0.15, 0.2) is 36.4 Å². The Morgan fingerprint density at radius 3 is 2.33 bits per heavy atom. The summed E-state index contributed by atoms with van der Waals surface area (Å²) in [4.78, 5) is 22.4. The van der Waals surface area contributed by atoms with E-state index in [-0.39, 0.29) is 24.7 Å². The summed E-state index contributed by atoms with van der Waals surface area (Å²) in [5.74, 6) is 1.33. The number of nitrogens with one attached hydrogen (secondary N) is 2. The first-order valence-electron chi connectivity index (χ1n) is 8.02. The van der Waals surface area contributed by atoms with Crippen LogP contribution in [0.25, 0.3) is 0 Å². The minimum absolute atomic E-state index is 0.0310. The van der Waals surface area contributed by atoms with Crippen molar-refractivity contribution in [2.75, 3.05) is 33.2 Å². The monoisotopic (exact) mass is 375 g/mol. The number of ether oxygens (including phenoxy) is 3. The number of nitrogens with zero attached hydrogens (tertiary/aromatic N) is 1. The zero-order valence-electron chi connectivity index (χ0n) is 15.3. The fourth-order valence-electron chi connectivity index (χ4n) is 2.40. The van der Waals surface area contributed by atoms with Gasteiger partial charge in [0.1, 0.15) is 5.75 Å². The zero-order chi connectivity index (χ0) is 19.8. The minimum atomic E-state index is -0.491. The standard InChI is InChI=1S/C18H21N3O6/c1-25-15-9-17(27-3)16(26-2)7-12(15)10-20-18(22)11-19-13-5-4-6-14(8-13)21(23)24/h4-9,19H,10-11H2,1-3H3,(H,20,22). The minimum Gasteiger partial charge on any atom is -0.496 e. The van der Waals surface area contributed by atoms with E-state index in [1.165, 1.54) is 33.5 Å². The lowest BCUT2D eigenvalue weighted by Crippen LogP contribution is -2.29. The van der Waals surface area contributed by atoms with Crippen LogP contribution in [-0.4, -0.2) is 38.7 Å². The fraction of sp³-hybridized carbons (Fsp3) is 0.278. The van der Waals surface area contributed by atoms with Gasteiger partial charge in [-0.25, -0.2) is 0 Å². The van der Waals surface area contributed by atoms with Gasteiger partial charge in [-0.1, -0.05) is 6.07 Å². The number of hydrogen-bond donors (Lipinski definition) is 2. The third-order valence-electron chi connectivity index (χ3n) is 3.77. The molecule has 2 aromatic carbocycles. The summed E-state index contributed by atoms with van der Waals surface area (Å²) in [7, 11) is 4.57. The lowest BCUT2D eigenvalue weighted by Gasteiger charge is -2.15. The molecule has 0 aliphatic carbocycles. The smallest absolute Gasteiger partial charge is 0.271 e. The van der Waals surface area contributed by atoms with Crippen molar-refractivity contribution in [1.82, 2.24) is 5.32 Å². The third-order valence-corrected chi connectivity index (χ3v) is 3.77. The van der Waals surface area contributed by atoms with Crippen LogP contribution in [-0.2, 0) is 11.3 Å². The van der Waals surface area contributed by atoms with Crippen molar-refractivity contribution in [3.63, 3.8) is 0 Å². The molecule has 2 rings (SSSR count). The SMILES string of the molecule is COc1cc(OC)c(OC)cc1CNC(=O)CNc1cccc([N+](=O)[O-])c1. The van der Waals surface area contributed by atoms with E-state index in [4.69, 9.17) is 14.2 Å². The van der Waals surface area contributed by atoms with E-state index in [1.54, 1.807) is 24.3 Å². The maximum Gasteiger partial charge on any atom is 0.271 e. The van der Waals surface area contributed by atoms with Gasteiger partial charge in [0.25, 0.3) is 5.69 Å². The zero-order valence-corrected chi connectivity index (χ0v) is 15.3. The van der Waals surface area contributed by atoms with Gasteiger partial charge in [-0.15, -0.1) is 0 Å². The molecule has 1 amide bonds. The third kappa shape index (κ3) is 5.24. The van der Waals surface area contributed by atoms with Crippen molar-refractivity contribution in [1.29, 1.82) is 0 Å². The van der Waals surface area contributed by atoms with Gasteiger partial charge < -0.3 is 24.8 Å². The highest BCUT2D eigenvalue weighted by molar-refractivity contribution is 5.80. The molecule has 0 saturated heterocycles. The van der Waals surface area contributed by atoms with Crippen LogP contribution < -0.4 is 24.8 Å². The lowest BCUT2D eigenvalue weighted by molar-refractivity contribution is -0.384. The Morgan fingerprint density at radius 1 is 1.04 bits per heavy atom. The molecule has 0 radical (unpaired) electrons. The van der Waals surface area contributed by atoms with E-state index in [9.17, 15) is 14.9 Å². The van der Waals surface area contributed by atoms with Crippen LogP contribution in [0.2, 0.25) is 0 Å². The molecule has 0 heterocycles. The highest BCUT2D eigenvalue weighted by Gasteiger charge is 2.13. The Hall–Kier alpha value is -3.49. The normalized spacial score (nSPS) is 10.0. The predicted octanol–water partition coefficient (Wildman–Crippen LogP) is 2.35. The van der Waals surface area contributed by atoms with Crippen molar-refractivity contribution in [2.45, 2.75) is 6.54 Å². The number of rotatable bonds is 9. The van der Waals surface area contributed by atoms with Crippen molar-refractivity contribution >= 4 is 17.3 Å². The van der Waals surface area contributed by atoms with Gasteiger partial charge in [0.2, 0.25) is 5.91 Å². The van der Waals surface area contributed by atoms with Crippen LogP contribution in [0.3, 0.4) is 0 Å². The number of anilines is 1. The van der Waals surface area contributed by atoms with Crippen LogP contribution in [0.4, 0.5) is 11.4 Å². The summed E-state index contributed by atoms with van der Waals surface area (Å²) >= 11 is 0. The molecule has 0 aliphatic heterocycles. The van der Waals surface area contributed by atoms with Crippen molar-refractivity contribution < 1.29 is 23.9 Å². The molecule has 9 nitrogen and oxygen atoms in total. The van der Waals surface area contributed by atoms with Gasteiger partial charge >= 0.3 is 0 Å². The topological polar surface area (TPSA) is 112 Å². The summed E-state index contributed by atoms with van der Waals surface area (Å²) < 4.78 is 15.8. The van der Waals surface area contributed by atoms with Gasteiger partial charge in [0.15, 0.2) is 11.5 Å². The molecule has 27 heavy (non-hydrogen) atoms. The highest BCUT2D eigenvalue weighted by Crippen LogP contribution is 2.34. The second kappa shape index (κ2) is 9.27. The van der Waals surface area contributed by atoms with E-state index in [0.29, 0.717) is 22.9 Å². The highest BCUT2D eigenvalue weighted by atomic mass is 16.6. The van der Waals surface area contributed by atoms with Gasteiger partial charge in [-0.3, -0.25) is 14.9 Å². The van der Waals surface area contributed by atoms with E-state index in [1.807, 2.05) is 0 Å². The average molecular weight is 375 g/mol. The molecule has 0 saturated carbocycles. The second-order valence-corrected chi connectivity index (χ2v) is 5.46. The molecule has 9 heteroatoms. The number of carbonyl (C=O) groups excluding carboxylic acids is 1. The molecular weight excluding hydrogens is 354 g/mol. The maximum atomic E-state index is 12.1. The van der Waals surface area contributed by atoms with E-state index >= 15 is 0 Å². The Kier molecular flexibility index (Phi) is 6.81. The molecule has 0 fully saturated rings. The molecule has 0 atom stereocenters. The van der Waals surface area contributed by atoms with Crippen LogP contribution in [0.1, 0.15) is 5.56 Å². The number of hydrogen-bond acceptors (Lipinski definition) is 7. The van der Waals surface area contributed by atoms with E-state index in [0.717, 1.165) is 5.56 Å². The summed E-state index contributed by atoms with van der Waals surface area (Å²) in [6, 6.07) is 9.36. The second-order valence-electron chi connectivity index (χ2n) is 5.46. The maximum absolute atomic E-state index is 12.1. The number of nitro groups is 1. The number of non-ortho nitro benzene ring substituents is 1. The fourth-order valence-corrected chi connectivity index (χ4v) is 2.40. The first-order chi connectivity index (χ1) is 13.0. The summed E-state index contributed by atoms with van der Waals surface area (Å²) in [5.41, 5.74) is 1.16. The van der Waals surface area contributed by atoms with Crippen molar-refractivity contribution in [2.24, 2.45) is 0 Å². The number of nitro benzene ring substituents is 1.